The van der Waals surface area contributed by atoms with Gasteiger partial charge in [-0.05, 0) is 25.0 Å². The van der Waals surface area contributed by atoms with E-state index in [0.717, 1.165) is 24.1 Å². The first kappa shape index (κ1) is 18.6. The van der Waals surface area contributed by atoms with Crippen molar-refractivity contribution in [2.45, 2.75) is 37.2 Å². The number of nitrogens with zero attached hydrogens (tertiary/aromatic N) is 1. The number of hydrogen-bond acceptors (Lipinski definition) is 3. The molecule has 1 heterocycles. The largest absolute Gasteiger partial charge is 0.368 e. The maximum atomic E-state index is 14.7. The minimum absolute atomic E-state index is 0.0940. The van der Waals surface area contributed by atoms with Gasteiger partial charge in [0.2, 0.25) is 11.8 Å². The van der Waals surface area contributed by atoms with E-state index in [2.05, 4.69) is 0 Å². The summed E-state index contributed by atoms with van der Waals surface area (Å²) in [6.07, 6.45) is -0.763. The molecule has 1 aliphatic heterocycles. The molecule has 5 nitrogen and oxygen atoms in total. The maximum Gasteiger partial charge on any atom is 0.264 e. The normalized spacial score (nSPS) is 27.5. The minimum atomic E-state index is -3.05. The van der Waals surface area contributed by atoms with E-state index in [0.29, 0.717) is 0 Å². The Morgan fingerprint density at radius 2 is 2.08 bits per heavy atom. The number of carbonyl (C=O) groups is 2. The molecule has 0 saturated heterocycles. The summed E-state index contributed by atoms with van der Waals surface area (Å²) in [4.78, 5) is 25.3. The van der Waals surface area contributed by atoms with Crippen LogP contribution in [0.3, 0.4) is 0 Å². The molecule has 2 amide bonds. The molecule has 0 radical (unpaired) electrons. The van der Waals surface area contributed by atoms with Crippen LogP contribution >= 0.6 is 0 Å². The van der Waals surface area contributed by atoms with E-state index in [-0.39, 0.29) is 24.9 Å². The average molecular weight is 374 g/mol. The highest BCUT2D eigenvalue weighted by Crippen LogP contribution is 2.54. The van der Waals surface area contributed by atoms with Gasteiger partial charge >= 0.3 is 0 Å². The summed E-state index contributed by atoms with van der Waals surface area (Å²) in [5, 5.41) is 0. The quantitative estimate of drug-likeness (QED) is 0.823. The topological polar surface area (TPSA) is 72.6 Å². The van der Waals surface area contributed by atoms with Crippen LogP contribution in [-0.2, 0) is 19.9 Å². The van der Waals surface area contributed by atoms with Crippen LogP contribution < -0.4 is 10.6 Å². The molecule has 142 valence electrons. The van der Waals surface area contributed by atoms with Gasteiger partial charge in [0.1, 0.15) is 6.54 Å². The monoisotopic (exact) mass is 374 g/mol. The number of halogens is 4. The van der Waals surface area contributed by atoms with Crippen LogP contribution in [0.15, 0.2) is 12.1 Å². The number of fused-ring (bicyclic) bond motifs is 1. The molecule has 1 aromatic carbocycles. The van der Waals surface area contributed by atoms with Gasteiger partial charge in [0.25, 0.3) is 5.91 Å². The Morgan fingerprint density at radius 3 is 2.65 bits per heavy atom. The lowest BCUT2D eigenvalue weighted by Gasteiger charge is -2.40. The Balaban J connectivity index is 2.21. The highest BCUT2D eigenvalue weighted by molar-refractivity contribution is 6.10. The first-order valence-electron chi connectivity index (χ1n) is 8.16. The van der Waals surface area contributed by atoms with Crippen molar-refractivity contribution in [1.82, 2.24) is 0 Å². The Morgan fingerprint density at radius 1 is 1.38 bits per heavy atom. The van der Waals surface area contributed by atoms with E-state index < -0.39 is 59.4 Å². The summed E-state index contributed by atoms with van der Waals surface area (Å²) in [6, 6.07) is 1.92. The lowest BCUT2D eigenvalue weighted by molar-refractivity contribution is -0.160. The number of ether oxygens (including phenoxy) is 1. The first-order valence-corrected chi connectivity index (χ1v) is 8.16. The second-order valence-electron chi connectivity index (χ2n) is 6.70. The van der Waals surface area contributed by atoms with Crippen LogP contribution in [0.25, 0.3) is 0 Å². The van der Waals surface area contributed by atoms with Gasteiger partial charge in [0.15, 0.2) is 17.2 Å². The summed E-state index contributed by atoms with van der Waals surface area (Å²) in [5.41, 5.74) is 2.48. The van der Waals surface area contributed by atoms with Crippen LogP contribution in [0.1, 0.15) is 31.2 Å². The van der Waals surface area contributed by atoms with Crippen LogP contribution in [0.4, 0.5) is 23.2 Å². The van der Waals surface area contributed by atoms with Crippen molar-refractivity contribution in [2.75, 3.05) is 18.6 Å². The van der Waals surface area contributed by atoms with Crippen LogP contribution in [0, 0.1) is 17.6 Å². The molecule has 2 unspecified atom stereocenters. The second kappa shape index (κ2) is 6.22. The van der Waals surface area contributed by atoms with Crippen molar-refractivity contribution >= 4 is 17.5 Å². The maximum absolute atomic E-state index is 14.7. The number of nitrogens with two attached hydrogens (primary N) is 1. The fourth-order valence-corrected chi connectivity index (χ4v) is 4.10. The molecular weight excluding hydrogens is 356 g/mol. The summed E-state index contributed by atoms with van der Waals surface area (Å²) in [7, 11) is 1.09. The minimum Gasteiger partial charge on any atom is -0.368 e. The number of amides is 2. The predicted molar refractivity (Wildman–Crippen MR) is 83.5 cm³/mol. The summed E-state index contributed by atoms with van der Waals surface area (Å²) in [5.74, 6) is -8.47. The standard InChI is InChI=1S/C17H18F4N2O3/c1-26-17(9-3-2-6-16(20,21)7-9)13-11(5-4-10(18)14(13)19)23(15(17)25)8-12(22)24/h4-5,9H,2-3,6-8H2,1H3,(H2,22,24). The SMILES string of the molecule is COC1(C2CCCC(F)(F)C2)C(=O)N(CC(N)=O)c2ccc(F)c(F)c21. The molecule has 3 rings (SSSR count). The predicted octanol–water partition coefficient (Wildman–Crippen LogP) is 2.46. The molecule has 26 heavy (non-hydrogen) atoms. The molecule has 0 bridgehead atoms. The smallest absolute Gasteiger partial charge is 0.264 e. The number of rotatable bonds is 4. The average Bonchev–Trinajstić information content (AvgIpc) is 2.79. The lowest BCUT2D eigenvalue weighted by Crippen LogP contribution is -2.51. The second-order valence-corrected chi connectivity index (χ2v) is 6.70. The van der Waals surface area contributed by atoms with Crippen molar-refractivity contribution in [3.63, 3.8) is 0 Å². The van der Waals surface area contributed by atoms with Crippen molar-refractivity contribution in [3.05, 3.63) is 29.3 Å². The van der Waals surface area contributed by atoms with Crippen molar-refractivity contribution < 1.29 is 31.9 Å². The van der Waals surface area contributed by atoms with Crippen LogP contribution in [0.2, 0.25) is 0 Å². The Kier molecular flexibility index (Phi) is 4.46. The van der Waals surface area contributed by atoms with Crippen LogP contribution in [-0.4, -0.2) is 31.4 Å². The third kappa shape index (κ3) is 2.65. The summed E-state index contributed by atoms with van der Waals surface area (Å²) in [6.45, 7) is -0.592. The highest BCUT2D eigenvalue weighted by Gasteiger charge is 2.60. The van der Waals surface area contributed by atoms with Crippen molar-refractivity contribution in [1.29, 1.82) is 0 Å². The molecule has 2 N–H and O–H groups in total. The third-order valence-electron chi connectivity index (χ3n) is 5.15. The van der Waals surface area contributed by atoms with Gasteiger partial charge in [-0.3, -0.25) is 14.5 Å². The first-order chi connectivity index (χ1) is 12.1. The number of anilines is 1. The van der Waals surface area contributed by atoms with E-state index in [1.165, 1.54) is 0 Å². The number of primary amides is 1. The lowest BCUT2D eigenvalue weighted by atomic mass is 9.72. The molecule has 9 heteroatoms. The zero-order valence-electron chi connectivity index (χ0n) is 14.0. The van der Waals surface area contributed by atoms with Gasteiger partial charge in [0.05, 0.1) is 11.3 Å². The van der Waals surface area contributed by atoms with Gasteiger partial charge in [-0.2, -0.15) is 0 Å². The molecule has 1 aliphatic carbocycles. The molecule has 1 fully saturated rings. The Hall–Kier alpha value is -2.16. The Bertz CT molecular complexity index is 771. The van der Waals surface area contributed by atoms with Gasteiger partial charge in [-0.25, -0.2) is 17.6 Å². The summed E-state index contributed by atoms with van der Waals surface area (Å²) >= 11 is 0. The fourth-order valence-electron chi connectivity index (χ4n) is 4.10. The summed E-state index contributed by atoms with van der Waals surface area (Å²) < 4.78 is 61.9. The van der Waals surface area contributed by atoms with Gasteiger partial charge in [-0.15, -0.1) is 0 Å². The molecule has 2 aliphatic rings. The van der Waals surface area contributed by atoms with Gasteiger partial charge in [-0.1, -0.05) is 0 Å². The number of methoxy groups -OCH3 is 1. The zero-order chi connectivity index (χ0) is 19.3. The van der Waals surface area contributed by atoms with E-state index in [1.54, 1.807) is 0 Å². The molecule has 0 spiro atoms. The molecule has 0 aromatic heterocycles. The van der Waals surface area contributed by atoms with E-state index in [1.807, 2.05) is 0 Å². The van der Waals surface area contributed by atoms with Crippen molar-refractivity contribution in [2.24, 2.45) is 11.7 Å². The van der Waals surface area contributed by atoms with E-state index in [4.69, 9.17) is 10.5 Å². The highest BCUT2D eigenvalue weighted by atomic mass is 19.3. The number of benzene rings is 1. The molecular formula is C17H18F4N2O3. The third-order valence-corrected chi connectivity index (χ3v) is 5.15. The van der Waals surface area contributed by atoms with Crippen LogP contribution in [0.5, 0.6) is 0 Å². The van der Waals surface area contributed by atoms with Crippen molar-refractivity contribution in [3.8, 4) is 0 Å². The van der Waals surface area contributed by atoms with Gasteiger partial charge < -0.3 is 10.5 Å². The number of hydrogen-bond donors (Lipinski definition) is 1. The fraction of sp³-hybridized carbons (Fsp3) is 0.529. The van der Waals surface area contributed by atoms with Gasteiger partial charge in [0, 0.05) is 25.9 Å². The Labute approximate surface area is 147 Å². The number of alkyl halides is 2. The van der Waals surface area contributed by atoms with E-state index in [9.17, 15) is 27.2 Å². The number of carbonyl (C=O) groups excluding carboxylic acids is 2. The molecule has 1 aromatic rings. The molecule has 2 atom stereocenters. The van der Waals surface area contributed by atoms with E-state index >= 15 is 0 Å². The zero-order valence-corrected chi connectivity index (χ0v) is 14.0. The molecule has 1 saturated carbocycles.